The molecule has 0 radical (unpaired) electrons. The first-order valence-corrected chi connectivity index (χ1v) is 8.74. The van der Waals surface area contributed by atoms with Crippen LogP contribution >= 0.6 is 0 Å². The van der Waals surface area contributed by atoms with Gasteiger partial charge in [-0.15, -0.1) is 0 Å². The van der Waals surface area contributed by atoms with Gasteiger partial charge in [-0.1, -0.05) is 0 Å². The van der Waals surface area contributed by atoms with Crippen molar-refractivity contribution in [2.45, 2.75) is 38.5 Å². The number of nitrogens with zero attached hydrogens (tertiary/aromatic N) is 3. The van der Waals surface area contributed by atoms with E-state index >= 15 is 0 Å². The average molecular weight is 357 g/mol. The van der Waals surface area contributed by atoms with Crippen molar-refractivity contribution in [3.8, 4) is 0 Å². The zero-order valence-corrected chi connectivity index (χ0v) is 14.6. The quantitative estimate of drug-likeness (QED) is 0.705. The van der Waals surface area contributed by atoms with Gasteiger partial charge in [0.1, 0.15) is 0 Å². The molecule has 0 unspecified atom stereocenters. The van der Waals surface area contributed by atoms with Crippen LogP contribution in [0.2, 0.25) is 0 Å². The van der Waals surface area contributed by atoms with E-state index in [9.17, 15) is 14.7 Å². The van der Waals surface area contributed by atoms with Crippen LogP contribution in [0.5, 0.6) is 0 Å². The van der Waals surface area contributed by atoms with Gasteiger partial charge in [0.15, 0.2) is 5.82 Å². The molecule has 0 bridgehead atoms. The summed E-state index contributed by atoms with van der Waals surface area (Å²) in [5, 5.41) is 13.0. The first-order valence-electron chi connectivity index (χ1n) is 8.74. The van der Waals surface area contributed by atoms with Crippen LogP contribution in [0.3, 0.4) is 0 Å². The van der Waals surface area contributed by atoms with Gasteiger partial charge in [0.05, 0.1) is 12.1 Å². The molecule has 2 aromatic rings. The first kappa shape index (κ1) is 18.1. The lowest BCUT2D eigenvalue weighted by Crippen LogP contribution is -2.40. The Morgan fingerprint density at radius 1 is 1.31 bits per heavy atom. The minimum Gasteiger partial charge on any atom is -0.391 e. The highest BCUT2D eigenvalue weighted by Crippen LogP contribution is 2.28. The van der Waals surface area contributed by atoms with E-state index in [1.165, 1.54) is 6.20 Å². The van der Waals surface area contributed by atoms with E-state index in [-0.39, 0.29) is 23.6 Å². The van der Waals surface area contributed by atoms with Crippen LogP contribution in [-0.4, -0.2) is 55.5 Å². The largest absolute Gasteiger partial charge is 0.391 e. The van der Waals surface area contributed by atoms with Crippen LogP contribution in [0.15, 0.2) is 36.9 Å². The van der Waals surface area contributed by atoms with Crippen LogP contribution in [0.4, 0.5) is 0 Å². The van der Waals surface area contributed by atoms with Gasteiger partial charge in [0.2, 0.25) is 5.91 Å². The maximum Gasteiger partial charge on any atom is 0.287 e. The van der Waals surface area contributed by atoms with E-state index in [2.05, 4.69) is 20.3 Å². The molecule has 8 nitrogen and oxygen atoms in total. The van der Waals surface area contributed by atoms with Gasteiger partial charge in [0, 0.05) is 43.8 Å². The fourth-order valence-corrected chi connectivity index (χ4v) is 3.31. The van der Waals surface area contributed by atoms with Gasteiger partial charge in [-0.05, 0) is 37.5 Å². The van der Waals surface area contributed by atoms with E-state index in [4.69, 9.17) is 0 Å². The Morgan fingerprint density at radius 3 is 2.73 bits per heavy atom. The summed E-state index contributed by atoms with van der Waals surface area (Å²) in [4.78, 5) is 37.3. The molecule has 1 saturated carbocycles. The van der Waals surface area contributed by atoms with Crippen LogP contribution in [-0.2, 0) is 11.3 Å². The van der Waals surface area contributed by atoms with Crippen molar-refractivity contribution in [1.82, 2.24) is 25.2 Å². The molecular weight excluding hydrogens is 334 g/mol. The average Bonchev–Trinajstić information content (AvgIpc) is 3.30. The number of aliphatic hydroxyl groups excluding tert-OH is 1. The summed E-state index contributed by atoms with van der Waals surface area (Å²) in [7, 11) is 0. The number of aromatic nitrogens is 3. The fraction of sp³-hybridized carbons (Fsp3) is 0.444. The Labute approximate surface area is 151 Å². The Kier molecular flexibility index (Phi) is 5.62. The summed E-state index contributed by atoms with van der Waals surface area (Å²) in [6.07, 6.45) is 6.46. The highest BCUT2D eigenvalue weighted by molar-refractivity contribution is 5.90. The van der Waals surface area contributed by atoms with Crippen molar-refractivity contribution in [1.29, 1.82) is 0 Å². The van der Waals surface area contributed by atoms with Gasteiger partial charge < -0.3 is 20.3 Å². The van der Waals surface area contributed by atoms with Gasteiger partial charge in [-0.25, -0.2) is 4.98 Å². The topological polar surface area (TPSA) is 111 Å². The summed E-state index contributed by atoms with van der Waals surface area (Å²) in [5.74, 6) is -0.497. The zero-order chi connectivity index (χ0) is 18.5. The van der Waals surface area contributed by atoms with Crippen molar-refractivity contribution in [2.75, 3.05) is 6.54 Å². The van der Waals surface area contributed by atoms with E-state index in [1.54, 1.807) is 23.5 Å². The van der Waals surface area contributed by atoms with Gasteiger partial charge in [-0.3, -0.25) is 14.6 Å². The molecule has 0 saturated heterocycles. The van der Waals surface area contributed by atoms with Gasteiger partial charge in [0.25, 0.3) is 5.91 Å². The standard InChI is InChI=1S/C18H23N5O3/c1-2-23(11-12-3-5-19-6-4-12)18(26)13-9-14(15(24)10-13)22-17(25)16-20-7-8-21-16/h3-8,13-15,24H,2,9-11H2,1H3,(H,20,21)(H,22,25)/t13-,14+,15+/m0/s1. The van der Waals surface area contributed by atoms with Gasteiger partial charge >= 0.3 is 0 Å². The third kappa shape index (κ3) is 4.08. The molecule has 0 aliphatic heterocycles. The molecule has 2 amide bonds. The molecule has 1 aliphatic carbocycles. The number of rotatable bonds is 6. The maximum absolute atomic E-state index is 12.9. The predicted octanol–water partition coefficient (Wildman–Crippen LogP) is 0.723. The van der Waals surface area contributed by atoms with Crippen molar-refractivity contribution in [3.63, 3.8) is 0 Å². The fourth-order valence-electron chi connectivity index (χ4n) is 3.31. The van der Waals surface area contributed by atoms with Crippen molar-refractivity contribution in [2.24, 2.45) is 5.92 Å². The van der Waals surface area contributed by atoms with Crippen LogP contribution in [0, 0.1) is 5.92 Å². The predicted molar refractivity (Wildman–Crippen MR) is 93.9 cm³/mol. The normalized spacial score (nSPS) is 22.2. The summed E-state index contributed by atoms with van der Waals surface area (Å²) >= 11 is 0. The number of pyridine rings is 1. The zero-order valence-electron chi connectivity index (χ0n) is 14.6. The second-order valence-corrected chi connectivity index (χ2v) is 6.46. The van der Waals surface area contributed by atoms with Crippen LogP contribution in [0.1, 0.15) is 35.9 Å². The molecule has 138 valence electrons. The van der Waals surface area contributed by atoms with Crippen molar-refractivity contribution >= 4 is 11.8 Å². The Hall–Kier alpha value is -2.74. The van der Waals surface area contributed by atoms with Crippen LogP contribution in [0.25, 0.3) is 0 Å². The molecule has 3 rings (SSSR count). The third-order valence-electron chi connectivity index (χ3n) is 4.72. The van der Waals surface area contributed by atoms with E-state index < -0.39 is 12.1 Å². The SMILES string of the molecule is CCN(Cc1ccncc1)C(=O)[C@@H]1C[C@@H](O)[C@H](NC(=O)c2ncc[nH]2)C1. The number of aliphatic hydroxyl groups is 1. The Balaban J connectivity index is 1.60. The second kappa shape index (κ2) is 8.09. The highest BCUT2D eigenvalue weighted by Gasteiger charge is 2.39. The third-order valence-corrected chi connectivity index (χ3v) is 4.72. The minimum atomic E-state index is -0.748. The number of imidazole rings is 1. The summed E-state index contributed by atoms with van der Waals surface area (Å²) in [6, 6.07) is 3.30. The Bertz CT molecular complexity index is 735. The molecule has 3 atom stereocenters. The smallest absolute Gasteiger partial charge is 0.287 e. The molecule has 0 aromatic carbocycles. The number of nitrogens with one attached hydrogen (secondary N) is 2. The van der Waals surface area contributed by atoms with Gasteiger partial charge in [-0.2, -0.15) is 0 Å². The molecule has 26 heavy (non-hydrogen) atoms. The van der Waals surface area contributed by atoms with Crippen molar-refractivity contribution in [3.05, 3.63) is 48.3 Å². The van der Waals surface area contributed by atoms with E-state index in [1.807, 2.05) is 19.1 Å². The van der Waals surface area contributed by atoms with E-state index in [0.29, 0.717) is 25.9 Å². The molecule has 8 heteroatoms. The number of hydrogen-bond acceptors (Lipinski definition) is 5. The lowest BCUT2D eigenvalue weighted by molar-refractivity contribution is -0.136. The molecule has 1 aliphatic rings. The lowest BCUT2D eigenvalue weighted by Gasteiger charge is -2.24. The molecule has 2 aromatic heterocycles. The number of amides is 2. The second-order valence-electron chi connectivity index (χ2n) is 6.46. The minimum absolute atomic E-state index is 0.00175. The summed E-state index contributed by atoms with van der Waals surface area (Å²) < 4.78 is 0. The molecular formula is C18H23N5O3. The first-order chi connectivity index (χ1) is 12.6. The highest BCUT2D eigenvalue weighted by atomic mass is 16.3. The summed E-state index contributed by atoms with van der Waals surface area (Å²) in [5.41, 5.74) is 1.01. The molecule has 3 N–H and O–H groups in total. The van der Waals surface area contributed by atoms with Crippen LogP contribution < -0.4 is 5.32 Å². The number of aromatic amines is 1. The Morgan fingerprint density at radius 2 is 2.08 bits per heavy atom. The molecule has 1 fully saturated rings. The monoisotopic (exact) mass is 357 g/mol. The maximum atomic E-state index is 12.9. The summed E-state index contributed by atoms with van der Waals surface area (Å²) in [6.45, 7) is 3.02. The molecule has 2 heterocycles. The lowest BCUT2D eigenvalue weighted by atomic mass is 10.1. The number of carbonyl (C=O) groups excluding carboxylic acids is 2. The van der Waals surface area contributed by atoms with Crippen molar-refractivity contribution < 1.29 is 14.7 Å². The number of hydrogen-bond donors (Lipinski definition) is 3. The van der Waals surface area contributed by atoms with E-state index in [0.717, 1.165) is 5.56 Å². The molecule has 0 spiro atoms. The number of carbonyl (C=O) groups is 2. The number of H-pyrrole nitrogens is 1.